The van der Waals surface area contributed by atoms with Crippen LogP contribution in [0.25, 0.3) is 0 Å². The molecule has 19 heavy (non-hydrogen) atoms. The first-order chi connectivity index (χ1) is 9.29. The van der Waals surface area contributed by atoms with E-state index in [-0.39, 0.29) is 5.91 Å². The van der Waals surface area contributed by atoms with Crippen LogP contribution in [0.2, 0.25) is 0 Å². The Hall–Kier alpha value is -2.29. The molecule has 1 N–H and O–H groups in total. The highest BCUT2D eigenvalue weighted by Gasteiger charge is 2.19. The summed E-state index contributed by atoms with van der Waals surface area (Å²) in [6.07, 6.45) is 0.731. The van der Waals surface area contributed by atoms with Crippen LogP contribution in [0.4, 0.5) is 0 Å². The Balaban J connectivity index is 2.12. The van der Waals surface area contributed by atoms with Crippen molar-refractivity contribution in [1.29, 1.82) is 0 Å². The fourth-order valence-electron chi connectivity index (χ4n) is 2.45. The van der Waals surface area contributed by atoms with Crippen molar-refractivity contribution in [1.82, 2.24) is 5.32 Å². The molecule has 0 aromatic heterocycles. The van der Waals surface area contributed by atoms with Gasteiger partial charge in [-0.1, -0.05) is 30.3 Å². The van der Waals surface area contributed by atoms with Crippen molar-refractivity contribution in [3.05, 3.63) is 64.7 Å². The third-order valence-corrected chi connectivity index (χ3v) is 3.47. The number of carbonyl (C=O) groups excluding carboxylic acids is 1. The standard InChI is InChI=1S/C16H15NO2/c1-17-16(18)13-7-4-8-15-14(13)9-11-5-2-3-6-12(11)10-19-15/h2-8H,9-10H2,1H3,(H,17,18). The molecule has 3 nitrogen and oxygen atoms in total. The van der Waals surface area contributed by atoms with E-state index < -0.39 is 0 Å². The molecule has 0 aliphatic carbocycles. The molecule has 0 bridgehead atoms. The average Bonchev–Trinajstić information content (AvgIpc) is 2.65. The second-order valence-electron chi connectivity index (χ2n) is 4.60. The van der Waals surface area contributed by atoms with E-state index in [0.29, 0.717) is 12.2 Å². The van der Waals surface area contributed by atoms with Gasteiger partial charge in [0.2, 0.25) is 0 Å². The highest BCUT2D eigenvalue weighted by atomic mass is 16.5. The molecule has 1 heterocycles. The van der Waals surface area contributed by atoms with Gasteiger partial charge in [-0.15, -0.1) is 0 Å². The van der Waals surface area contributed by atoms with Crippen LogP contribution in [0.5, 0.6) is 5.75 Å². The van der Waals surface area contributed by atoms with Crippen LogP contribution in [0.3, 0.4) is 0 Å². The molecule has 1 aliphatic rings. The van der Waals surface area contributed by atoms with Crippen molar-refractivity contribution in [3.8, 4) is 5.75 Å². The third kappa shape index (κ3) is 2.08. The average molecular weight is 253 g/mol. The topological polar surface area (TPSA) is 38.3 Å². The molecule has 2 aromatic rings. The normalized spacial score (nSPS) is 12.7. The number of amides is 1. The minimum Gasteiger partial charge on any atom is -0.489 e. The summed E-state index contributed by atoms with van der Waals surface area (Å²) in [4.78, 5) is 11.9. The number of ether oxygens (including phenoxy) is 1. The summed E-state index contributed by atoms with van der Waals surface area (Å²) in [6, 6.07) is 13.8. The maximum absolute atomic E-state index is 11.9. The van der Waals surface area contributed by atoms with E-state index in [4.69, 9.17) is 4.74 Å². The number of carbonyl (C=O) groups is 1. The molecule has 0 saturated carbocycles. The Morgan fingerprint density at radius 1 is 1.11 bits per heavy atom. The lowest BCUT2D eigenvalue weighted by Gasteiger charge is -2.11. The molecule has 2 aromatic carbocycles. The summed E-state index contributed by atoms with van der Waals surface area (Å²) in [5, 5.41) is 2.68. The van der Waals surface area contributed by atoms with Crippen molar-refractivity contribution in [2.24, 2.45) is 0 Å². The molecule has 1 amide bonds. The maximum atomic E-state index is 11.9. The Kier molecular flexibility index (Phi) is 2.95. The Labute approximate surface area is 112 Å². The van der Waals surface area contributed by atoms with Gasteiger partial charge in [-0.2, -0.15) is 0 Å². The molecule has 3 heteroatoms. The first-order valence-electron chi connectivity index (χ1n) is 6.33. The molecule has 0 fully saturated rings. The molecule has 0 radical (unpaired) electrons. The fraction of sp³-hybridized carbons (Fsp3) is 0.188. The zero-order valence-corrected chi connectivity index (χ0v) is 10.8. The predicted octanol–water partition coefficient (Wildman–Crippen LogP) is 2.53. The zero-order chi connectivity index (χ0) is 13.2. The molecule has 96 valence electrons. The van der Waals surface area contributed by atoms with E-state index in [0.717, 1.165) is 17.7 Å². The highest BCUT2D eigenvalue weighted by molar-refractivity contribution is 5.96. The van der Waals surface area contributed by atoms with Crippen LogP contribution in [-0.2, 0) is 13.0 Å². The number of hydrogen-bond donors (Lipinski definition) is 1. The molecule has 3 rings (SSSR count). The minimum atomic E-state index is -0.0696. The van der Waals surface area contributed by atoms with Gasteiger partial charge in [0.1, 0.15) is 12.4 Å². The summed E-state index contributed by atoms with van der Waals surface area (Å²) in [5.74, 6) is 0.733. The predicted molar refractivity (Wildman–Crippen MR) is 73.4 cm³/mol. The van der Waals surface area contributed by atoms with Gasteiger partial charge in [-0.05, 0) is 23.3 Å². The van der Waals surface area contributed by atoms with Crippen LogP contribution in [0.1, 0.15) is 27.0 Å². The van der Waals surface area contributed by atoms with Gasteiger partial charge in [0.05, 0.1) is 0 Å². The van der Waals surface area contributed by atoms with Gasteiger partial charge in [-0.25, -0.2) is 0 Å². The molecular weight excluding hydrogens is 238 g/mol. The van der Waals surface area contributed by atoms with Crippen LogP contribution in [-0.4, -0.2) is 13.0 Å². The zero-order valence-electron chi connectivity index (χ0n) is 10.8. The number of rotatable bonds is 1. The van der Waals surface area contributed by atoms with Crippen molar-refractivity contribution >= 4 is 5.91 Å². The minimum absolute atomic E-state index is 0.0696. The third-order valence-electron chi connectivity index (χ3n) is 3.47. The molecule has 0 spiro atoms. The number of benzene rings is 2. The van der Waals surface area contributed by atoms with Crippen LogP contribution < -0.4 is 10.1 Å². The van der Waals surface area contributed by atoms with Crippen LogP contribution >= 0.6 is 0 Å². The van der Waals surface area contributed by atoms with E-state index in [9.17, 15) is 4.79 Å². The van der Waals surface area contributed by atoms with Crippen LogP contribution in [0.15, 0.2) is 42.5 Å². The van der Waals surface area contributed by atoms with Crippen molar-refractivity contribution < 1.29 is 9.53 Å². The van der Waals surface area contributed by atoms with Gasteiger partial charge >= 0.3 is 0 Å². The van der Waals surface area contributed by atoms with Crippen molar-refractivity contribution in [2.75, 3.05) is 7.05 Å². The first-order valence-corrected chi connectivity index (χ1v) is 6.33. The molecule has 0 atom stereocenters. The van der Waals surface area contributed by atoms with Crippen LogP contribution in [0, 0.1) is 0 Å². The molecule has 0 unspecified atom stereocenters. The lowest BCUT2D eigenvalue weighted by Crippen LogP contribution is -2.19. The van der Waals surface area contributed by atoms with Gasteiger partial charge < -0.3 is 10.1 Å². The number of fused-ring (bicyclic) bond motifs is 2. The number of hydrogen-bond acceptors (Lipinski definition) is 2. The fourth-order valence-corrected chi connectivity index (χ4v) is 2.45. The van der Waals surface area contributed by atoms with Gasteiger partial charge in [0, 0.05) is 24.6 Å². The lowest BCUT2D eigenvalue weighted by atomic mass is 9.96. The second kappa shape index (κ2) is 4.76. The lowest BCUT2D eigenvalue weighted by molar-refractivity contribution is 0.0962. The molecular formula is C16H15NO2. The first kappa shape index (κ1) is 11.8. The van der Waals surface area contributed by atoms with E-state index in [1.54, 1.807) is 7.05 Å². The number of nitrogens with one attached hydrogen (secondary N) is 1. The van der Waals surface area contributed by atoms with E-state index in [1.165, 1.54) is 11.1 Å². The van der Waals surface area contributed by atoms with E-state index >= 15 is 0 Å². The summed E-state index contributed by atoms with van der Waals surface area (Å²) >= 11 is 0. The van der Waals surface area contributed by atoms with E-state index in [1.807, 2.05) is 30.3 Å². The SMILES string of the molecule is CNC(=O)c1cccc2c1Cc1ccccc1CO2. The quantitative estimate of drug-likeness (QED) is 0.848. The Bertz CT molecular complexity index is 634. The van der Waals surface area contributed by atoms with Gasteiger partial charge in [-0.3, -0.25) is 4.79 Å². The van der Waals surface area contributed by atoms with Gasteiger partial charge in [0.25, 0.3) is 5.91 Å². The monoisotopic (exact) mass is 253 g/mol. The summed E-state index contributed by atoms with van der Waals surface area (Å²) < 4.78 is 5.83. The smallest absolute Gasteiger partial charge is 0.251 e. The molecule has 1 aliphatic heterocycles. The molecule has 0 saturated heterocycles. The largest absolute Gasteiger partial charge is 0.489 e. The van der Waals surface area contributed by atoms with Crippen molar-refractivity contribution in [2.45, 2.75) is 13.0 Å². The maximum Gasteiger partial charge on any atom is 0.251 e. The second-order valence-corrected chi connectivity index (χ2v) is 4.60. The Morgan fingerprint density at radius 2 is 1.89 bits per heavy atom. The Morgan fingerprint density at radius 3 is 2.68 bits per heavy atom. The summed E-state index contributed by atoms with van der Waals surface area (Å²) in [7, 11) is 1.65. The highest BCUT2D eigenvalue weighted by Crippen LogP contribution is 2.30. The summed E-state index contributed by atoms with van der Waals surface area (Å²) in [6.45, 7) is 0.556. The van der Waals surface area contributed by atoms with Gasteiger partial charge in [0.15, 0.2) is 0 Å². The summed E-state index contributed by atoms with van der Waals surface area (Å²) in [5.41, 5.74) is 4.06. The van der Waals surface area contributed by atoms with Crippen molar-refractivity contribution in [3.63, 3.8) is 0 Å². The van der Waals surface area contributed by atoms with E-state index in [2.05, 4.69) is 17.4 Å².